The molecular formula is C43H57ClF4N8O10. The van der Waals surface area contributed by atoms with Crippen molar-refractivity contribution in [3.8, 4) is 0 Å². The molecule has 0 saturated carbocycles. The van der Waals surface area contributed by atoms with E-state index in [1.54, 1.807) is 80.5 Å². The van der Waals surface area contributed by atoms with Crippen molar-refractivity contribution in [2.45, 2.75) is 89.5 Å². The normalized spacial score (nSPS) is 17.7. The predicted molar refractivity (Wildman–Crippen MR) is 232 cm³/mol. The van der Waals surface area contributed by atoms with Crippen LogP contribution in [-0.2, 0) is 28.7 Å². The third-order valence-electron chi connectivity index (χ3n) is 9.38. The van der Waals surface area contributed by atoms with Gasteiger partial charge in [0, 0.05) is 75.9 Å². The van der Waals surface area contributed by atoms with Crippen LogP contribution in [-0.4, -0.2) is 134 Å². The molecule has 2 aliphatic heterocycles. The SMILES string of the molecule is CC(C)(C)OC(=O)N1C[C@H](c2cc(F)cc(F)c2)CC1C(=O)O.CNOC.CON(C)C(=O)C1C[C@@H](c2cc(F)cc(F)c2)CN1C(=O)OC(C)(C)C.Cl.O=C(n1ccnc1)n1ccnc1. The highest BCUT2D eigenvalue weighted by molar-refractivity contribution is 5.86. The molecule has 4 aromatic rings. The highest BCUT2D eigenvalue weighted by Crippen LogP contribution is 2.35. The van der Waals surface area contributed by atoms with Crippen LogP contribution in [0.5, 0.6) is 0 Å². The predicted octanol–water partition coefficient (Wildman–Crippen LogP) is 7.01. The molecule has 4 heterocycles. The van der Waals surface area contributed by atoms with Gasteiger partial charge in [0.05, 0.1) is 14.2 Å². The summed E-state index contributed by atoms with van der Waals surface area (Å²) in [6.45, 7) is 10.3. The number of nitrogens with one attached hydrogen (secondary N) is 1. The number of aliphatic carboxylic acids is 1. The summed E-state index contributed by atoms with van der Waals surface area (Å²) in [6, 6.07) is 4.17. The number of rotatable bonds is 6. The molecule has 3 amide bonds. The Balaban J connectivity index is 0.000000340. The van der Waals surface area contributed by atoms with Crippen molar-refractivity contribution < 1.29 is 65.8 Å². The molecule has 364 valence electrons. The summed E-state index contributed by atoms with van der Waals surface area (Å²) < 4.78 is 67.2. The second kappa shape index (κ2) is 25.0. The van der Waals surface area contributed by atoms with Gasteiger partial charge >= 0.3 is 24.2 Å². The van der Waals surface area contributed by atoms with E-state index in [0.717, 1.165) is 34.2 Å². The number of likely N-dealkylation sites (tertiary alicyclic amines) is 2. The summed E-state index contributed by atoms with van der Waals surface area (Å²) in [7, 11) is 6.05. The van der Waals surface area contributed by atoms with E-state index in [-0.39, 0.29) is 44.4 Å². The zero-order chi connectivity index (χ0) is 48.8. The second-order valence-electron chi connectivity index (χ2n) is 16.6. The smallest absolute Gasteiger partial charge is 0.411 e. The quantitative estimate of drug-likeness (QED) is 0.148. The van der Waals surface area contributed by atoms with Crippen molar-refractivity contribution in [2.75, 3.05) is 41.4 Å². The largest absolute Gasteiger partial charge is 0.480 e. The van der Waals surface area contributed by atoms with E-state index in [1.807, 2.05) is 0 Å². The Morgan fingerprint density at radius 1 is 0.697 bits per heavy atom. The van der Waals surface area contributed by atoms with Crippen LogP contribution in [0.3, 0.4) is 0 Å². The molecular weight excluding hydrogens is 900 g/mol. The Kier molecular flexibility index (Phi) is 21.2. The molecule has 2 aliphatic rings. The number of nitrogens with zero attached hydrogens (tertiary/aromatic N) is 7. The first-order chi connectivity index (χ1) is 30.4. The summed E-state index contributed by atoms with van der Waals surface area (Å²) >= 11 is 0. The van der Waals surface area contributed by atoms with Crippen LogP contribution in [0.1, 0.15) is 77.3 Å². The topological polar surface area (TPSA) is 200 Å². The molecule has 2 saturated heterocycles. The van der Waals surface area contributed by atoms with Gasteiger partial charge in [-0.25, -0.2) is 57.3 Å². The number of halogens is 5. The van der Waals surface area contributed by atoms with Gasteiger partial charge in [0.15, 0.2) is 0 Å². The van der Waals surface area contributed by atoms with Gasteiger partial charge in [-0.2, -0.15) is 0 Å². The van der Waals surface area contributed by atoms with Crippen LogP contribution in [0.4, 0.5) is 31.9 Å². The Morgan fingerprint density at radius 3 is 1.36 bits per heavy atom. The summed E-state index contributed by atoms with van der Waals surface area (Å²) in [6.07, 6.45) is 8.06. The van der Waals surface area contributed by atoms with E-state index in [4.69, 9.17) is 14.3 Å². The minimum atomic E-state index is -1.17. The fraction of sp³-hybridized carbons (Fsp3) is 0.465. The summed E-state index contributed by atoms with van der Waals surface area (Å²) in [4.78, 5) is 79.2. The molecule has 2 N–H and O–H groups in total. The van der Waals surface area contributed by atoms with Crippen molar-refractivity contribution in [2.24, 2.45) is 0 Å². The van der Waals surface area contributed by atoms with Gasteiger partial charge in [-0.05, 0) is 89.8 Å². The van der Waals surface area contributed by atoms with Crippen LogP contribution in [0.15, 0.2) is 73.8 Å². The Bertz CT molecular complexity index is 2130. The number of amides is 3. The van der Waals surface area contributed by atoms with E-state index < -0.39 is 82.5 Å². The van der Waals surface area contributed by atoms with Gasteiger partial charge in [0.1, 0.15) is 59.2 Å². The van der Waals surface area contributed by atoms with E-state index >= 15 is 0 Å². The first-order valence-electron chi connectivity index (χ1n) is 20.0. The molecule has 23 heteroatoms. The number of hydrogen-bond donors (Lipinski definition) is 2. The number of carboxylic acids is 1. The van der Waals surface area contributed by atoms with E-state index in [2.05, 4.69) is 20.3 Å². The second-order valence-corrected chi connectivity index (χ2v) is 16.6. The van der Waals surface area contributed by atoms with Crippen molar-refractivity contribution in [3.05, 3.63) is 108 Å². The van der Waals surface area contributed by atoms with Crippen LogP contribution < -0.4 is 5.48 Å². The first kappa shape index (κ1) is 56.0. The maximum atomic E-state index is 13.6. The number of carbonyl (C=O) groups is 5. The lowest BCUT2D eigenvalue weighted by Crippen LogP contribution is -2.47. The highest BCUT2D eigenvalue weighted by atomic mass is 35.5. The fourth-order valence-corrected chi connectivity index (χ4v) is 6.47. The lowest BCUT2D eigenvalue weighted by molar-refractivity contribution is -0.173. The molecule has 0 spiro atoms. The number of carbonyl (C=O) groups excluding carboxylic acids is 4. The number of ether oxygens (including phenoxy) is 2. The number of imidazole rings is 2. The number of carboxylic acid groups (broad SMARTS) is 1. The average Bonchev–Trinajstić information content (AvgIpc) is 4.06. The van der Waals surface area contributed by atoms with Crippen LogP contribution in [0.2, 0.25) is 0 Å². The van der Waals surface area contributed by atoms with Gasteiger partial charge in [-0.3, -0.25) is 28.6 Å². The Labute approximate surface area is 386 Å². The van der Waals surface area contributed by atoms with E-state index in [9.17, 15) is 46.6 Å². The summed E-state index contributed by atoms with van der Waals surface area (Å²) in [5.74, 6) is -5.33. The number of benzene rings is 2. The molecule has 2 aromatic heterocycles. The maximum Gasteiger partial charge on any atom is 0.411 e. The molecule has 4 atom stereocenters. The van der Waals surface area contributed by atoms with Gasteiger partial charge in [-0.15, -0.1) is 12.4 Å². The molecule has 2 aromatic carbocycles. The molecule has 66 heavy (non-hydrogen) atoms. The Hall–Kier alpha value is -6.10. The van der Waals surface area contributed by atoms with Crippen LogP contribution >= 0.6 is 12.4 Å². The standard InChI is InChI=1S/C18H24F2N2O4.C16H19F2NO4.C7H6N4O.C2H7NO.ClH/c1-18(2,3)26-17(24)22-10-12(8-15(22)16(23)21(4)25-5)11-6-13(19)9-14(20)7-11;1-16(2,3)23-15(22)19-8-10(6-13(19)14(20)21)9-4-11(17)7-12(18)5-9;12-7(10-3-1-8-5-10)11-4-2-9-6-11;1-3-4-2;/h6-7,9,12,15H,8,10H2,1-5H3;4-5,7,10,13H,6,8H2,1-3H3,(H,20,21);1-6H;3H,1-2H3;1H/t12-,15?;10-,13?;;;/m11.../s1. The summed E-state index contributed by atoms with van der Waals surface area (Å²) in [5, 5.41) is 10.3. The number of aromatic nitrogens is 4. The minimum Gasteiger partial charge on any atom is -0.480 e. The van der Waals surface area contributed by atoms with Crippen molar-refractivity contribution in [1.82, 2.24) is 39.4 Å². The molecule has 2 unspecified atom stereocenters. The van der Waals surface area contributed by atoms with Gasteiger partial charge < -0.3 is 19.4 Å². The Morgan fingerprint density at radius 2 is 1.06 bits per heavy atom. The molecule has 0 aliphatic carbocycles. The minimum absolute atomic E-state index is 0. The number of hydrogen-bond acceptors (Lipinski definition) is 12. The van der Waals surface area contributed by atoms with Gasteiger partial charge in [0.2, 0.25) is 0 Å². The molecule has 2 fully saturated rings. The highest BCUT2D eigenvalue weighted by Gasteiger charge is 2.44. The van der Waals surface area contributed by atoms with Crippen LogP contribution in [0.25, 0.3) is 0 Å². The van der Waals surface area contributed by atoms with Crippen molar-refractivity contribution >= 4 is 42.5 Å². The van der Waals surface area contributed by atoms with E-state index in [1.165, 1.54) is 53.0 Å². The van der Waals surface area contributed by atoms with E-state index in [0.29, 0.717) is 11.1 Å². The zero-order valence-electron chi connectivity index (χ0n) is 38.2. The van der Waals surface area contributed by atoms with Gasteiger partial charge in [-0.1, -0.05) is 0 Å². The maximum absolute atomic E-state index is 13.6. The lowest BCUT2D eigenvalue weighted by Gasteiger charge is -2.29. The molecule has 6 rings (SSSR count). The molecule has 0 radical (unpaired) electrons. The number of hydroxylamine groups is 3. The third kappa shape index (κ3) is 17.0. The van der Waals surface area contributed by atoms with Crippen molar-refractivity contribution in [1.29, 1.82) is 0 Å². The third-order valence-corrected chi connectivity index (χ3v) is 9.38. The monoisotopic (exact) mass is 956 g/mol. The fourth-order valence-electron chi connectivity index (χ4n) is 6.47. The van der Waals surface area contributed by atoms with Gasteiger partial charge in [0.25, 0.3) is 5.91 Å². The molecule has 0 bridgehead atoms. The zero-order valence-corrected chi connectivity index (χ0v) is 39.1. The average molecular weight is 957 g/mol. The lowest BCUT2D eigenvalue weighted by atomic mass is 9.96. The molecule has 18 nitrogen and oxygen atoms in total. The number of likely N-dealkylation sites (N-methyl/N-ethyl adjacent to an activating group) is 1. The van der Waals surface area contributed by atoms with Crippen LogP contribution in [0, 0.1) is 23.3 Å². The first-order valence-corrected chi connectivity index (χ1v) is 20.0. The van der Waals surface area contributed by atoms with Crippen molar-refractivity contribution in [3.63, 3.8) is 0 Å². The summed E-state index contributed by atoms with van der Waals surface area (Å²) in [5.41, 5.74) is 1.66.